The SMILES string of the molecule is CCOC(=O)c1c(C(C)(C)C)csc1NC(=O)NC. The molecule has 106 valence electrons. The molecule has 5 nitrogen and oxygen atoms in total. The molecule has 6 heteroatoms. The van der Waals surface area contributed by atoms with E-state index < -0.39 is 5.97 Å². The molecule has 0 aliphatic carbocycles. The summed E-state index contributed by atoms with van der Waals surface area (Å²) in [5.74, 6) is -0.403. The molecule has 2 amide bonds. The van der Waals surface area contributed by atoms with E-state index in [0.29, 0.717) is 17.2 Å². The monoisotopic (exact) mass is 284 g/mol. The highest BCUT2D eigenvalue weighted by atomic mass is 32.1. The second-order valence-corrected chi connectivity index (χ2v) is 5.91. The lowest BCUT2D eigenvalue weighted by Gasteiger charge is -2.19. The van der Waals surface area contributed by atoms with Crippen LogP contribution in [0.25, 0.3) is 0 Å². The van der Waals surface area contributed by atoms with Gasteiger partial charge in [-0.2, -0.15) is 0 Å². The highest BCUT2D eigenvalue weighted by molar-refractivity contribution is 7.15. The molecule has 0 aromatic carbocycles. The summed E-state index contributed by atoms with van der Waals surface area (Å²) in [5, 5.41) is 7.53. The van der Waals surface area contributed by atoms with E-state index in [1.54, 1.807) is 6.92 Å². The molecule has 0 saturated heterocycles. The predicted molar refractivity (Wildman–Crippen MR) is 77.1 cm³/mol. The Hall–Kier alpha value is -1.56. The largest absolute Gasteiger partial charge is 0.462 e. The Kier molecular flexibility index (Phi) is 4.94. The van der Waals surface area contributed by atoms with Crippen LogP contribution in [0.2, 0.25) is 0 Å². The number of nitrogens with one attached hydrogen (secondary N) is 2. The summed E-state index contributed by atoms with van der Waals surface area (Å²) < 4.78 is 5.07. The second kappa shape index (κ2) is 6.06. The van der Waals surface area contributed by atoms with E-state index >= 15 is 0 Å². The number of carbonyl (C=O) groups is 2. The van der Waals surface area contributed by atoms with Crippen LogP contribution in [0.5, 0.6) is 0 Å². The maximum Gasteiger partial charge on any atom is 0.341 e. The van der Waals surface area contributed by atoms with Crippen LogP contribution in [-0.4, -0.2) is 25.7 Å². The van der Waals surface area contributed by atoms with Crippen molar-refractivity contribution in [3.05, 3.63) is 16.5 Å². The van der Waals surface area contributed by atoms with Crippen LogP contribution in [-0.2, 0) is 10.2 Å². The molecule has 0 saturated carbocycles. The van der Waals surface area contributed by atoms with Gasteiger partial charge in [-0.25, -0.2) is 9.59 Å². The van der Waals surface area contributed by atoms with Crippen molar-refractivity contribution in [2.24, 2.45) is 0 Å². The molecule has 1 rings (SSSR count). The molecule has 1 heterocycles. The molecule has 0 bridgehead atoms. The number of urea groups is 1. The third-order valence-electron chi connectivity index (χ3n) is 2.53. The van der Waals surface area contributed by atoms with Gasteiger partial charge in [0.15, 0.2) is 0 Å². The normalized spacial score (nSPS) is 11.0. The first-order valence-corrected chi connectivity index (χ1v) is 6.97. The molecule has 0 spiro atoms. The summed E-state index contributed by atoms with van der Waals surface area (Å²) >= 11 is 1.33. The van der Waals surface area contributed by atoms with E-state index in [4.69, 9.17) is 4.74 Å². The topological polar surface area (TPSA) is 67.4 Å². The minimum absolute atomic E-state index is 0.193. The first-order chi connectivity index (χ1) is 8.81. The van der Waals surface area contributed by atoms with Crippen molar-refractivity contribution in [3.8, 4) is 0 Å². The molecular weight excluding hydrogens is 264 g/mol. The minimum Gasteiger partial charge on any atom is -0.462 e. The lowest BCUT2D eigenvalue weighted by molar-refractivity contribution is 0.0525. The summed E-state index contributed by atoms with van der Waals surface area (Å²) in [7, 11) is 1.53. The number of hydrogen-bond donors (Lipinski definition) is 2. The fourth-order valence-electron chi connectivity index (χ4n) is 1.57. The van der Waals surface area contributed by atoms with Crippen molar-refractivity contribution in [3.63, 3.8) is 0 Å². The van der Waals surface area contributed by atoms with Crippen molar-refractivity contribution in [2.45, 2.75) is 33.1 Å². The molecular formula is C13H20N2O3S. The van der Waals surface area contributed by atoms with Crippen LogP contribution in [0.4, 0.5) is 9.80 Å². The molecule has 0 aliphatic rings. The number of hydrogen-bond acceptors (Lipinski definition) is 4. The minimum atomic E-state index is -0.403. The van der Waals surface area contributed by atoms with Gasteiger partial charge in [-0.1, -0.05) is 20.8 Å². The van der Waals surface area contributed by atoms with Crippen LogP contribution < -0.4 is 10.6 Å². The van der Waals surface area contributed by atoms with E-state index in [1.807, 2.05) is 26.2 Å². The Balaban J connectivity index is 3.22. The third-order valence-corrected chi connectivity index (χ3v) is 3.43. The number of ether oxygens (including phenoxy) is 1. The molecule has 0 aliphatic heterocycles. The maximum absolute atomic E-state index is 12.1. The van der Waals surface area contributed by atoms with E-state index in [0.717, 1.165) is 5.56 Å². The third kappa shape index (κ3) is 3.70. The molecule has 0 unspecified atom stereocenters. The number of rotatable bonds is 3. The summed E-state index contributed by atoms with van der Waals surface area (Å²) in [6, 6.07) is -0.354. The van der Waals surface area contributed by atoms with Crippen LogP contribution in [0, 0.1) is 0 Å². The van der Waals surface area contributed by atoms with E-state index in [9.17, 15) is 9.59 Å². The first-order valence-electron chi connectivity index (χ1n) is 6.09. The standard InChI is InChI=1S/C13H20N2O3S/c1-6-18-11(16)9-8(13(2,3)4)7-19-10(9)15-12(17)14-5/h7H,6H2,1-5H3,(H2,14,15,17). The summed E-state index contributed by atoms with van der Waals surface area (Å²) in [6.07, 6.45) is 0. The van der Waals surface area contributed by atoms with Crippen molar-refractivity contribution in [1.82, 2.24) is 5.32 Å². The molecule has 0 fully saturated rings. The van der Waals surface area contributed by atoms with Gasteiger partial charge in [0.1, 0.15) is 5.00 Å². The molecule has 2 N–H and O–H groups in total. The Morgan fingerprint density at radius 3 is 2.47 bits per heavy atom. The Morgan fingerprint density at radius 2 is 2.00 bits per heavy atom. The van der Waals surface area contributed by atoms with Crippen LogP contribution in [0.15, 0.2) is 5.38 Å². The second-order valence-electron chi connectivity index (χ2n) is 5.03. The van der Waals surface area contributed by atoms with Gasteiger partial charge in [-0.05, 0) is 23.3 Å². The van der Waals surface area contributed by atoms with Gasteiger partial charge in [-0.15, -0.1) is 11.3 Å². The summed E-state index contributed by atoms with van der Waals surface area (Å²) in [4.78, 5) is 23.5. The van der Waals surface area contributed by atoms with E-state index in [-0.39, 0.29) is 11.4 Å². The van der Waals surface area contributed by atoms with Crippen LogP contribution in [0.1, 0.15) is 43.6 Å². The Labute approximate surface area is 117 Å². The fraction of sp³-hybridized carbons (Fsp3) is 0.538. The average molecular weight is 284 g/mol. The number of esters is 1. The van der Waals surface area contributed by atoms with Gasteiger partial charge < -0.3 is 10.1 Å². The summed E-state index contributed by atoms with van der Waals surface area (Å²) in [5.41, 5.74) is 1.13. The Bertz CT molecular complexity index is 475. The molecule has 1 aromatic heterocycles. The Morgan fingerprint density at radius 1 is 1.37 bits per heavy atom. The maximum atomic E-state index is 12.1. The molecule has 1 aromatic rings. The number of amides is 2. The first kappa shape index (κ1) is 15.5. The average Bonchev–Trinajstić information content (AvgIpc) is 2.72. The van der Waals surface area contributed by atoms with E-state index in [2.05, 4.69) is 10.6 Å². The zero-order chi connectivity index (χ0) is 14.6. The lowest BCUT2D eigenvalue weighted by atomic mass is 9.86. The highest BCUT2D eigenvalue weighted by Crippen LogP contribution is 2.36. The lowest BCUT2D eigenvalue weighted by Crippen LogP contribution is -2.25. The van der Waals surface area contributed by atoms with Crippen molar-refractivity contribution in [1.29, 1.82) is 0 Å². The smallest absolute Gasteiger partial charge is 0.341 e. The van der Waals surface area contributed by atoms with Crippen LogP contribution >= 0.6 is 11.3 Å². The predicted octanol–water partition coefficient (Wildman–Crippen LogP) is 2.97. The van der Waals surface area contributed by atoms with Gasteiger partial charge in [-0.3, -0.25) is 5.32 Å². The highest BCUT2D eigenvalue weighted by Gasteiger charge is 2.28. The number of carbonyl (C=O) groups excluding carboxylic acids is 2. The number of thiophene rings is 1. The van der Waals surface area contributed by atoms with Gasteiger partial charge in [0.2, 0.25) is 0 Å². The summed E-state index contributed by atoms with van der Waals surface area (Å²) in [6.45, 7) is 8.11. The zero-order valence-electron chi connectivity index (χ0n) is 11.9. The van der Waals surface area contributed by atoms with Crippen LogP contribution in [0.3, 0.4) is 0 Å². The van der Waals surface area contributed by atoms with Crippen molar-refractivity contribution in [2.75, 3.05) is 19.0 Å². The molecule has 19 heavy (non-hydrogen) atoms. The zero-order valence-corrected chi connectivity index (χ0v) is 12.7. The van der Waals surface area contributed by atoms with Gasteiger partial charge in [0, 0.05) is 7.05 Å². The van der Waals surface area contributed by atoms with Crippen molar-refractivity contribution >= 4 is 28.3 Å². The quantitative estimate of drug-likeness (QED) is 0.838. The number of anilines is 1. The van der Waals surface area contributed by atoms with Crippen molar-refractivity contribution < 1.29 is 14.3 Å². The van der Waals surface area contributed by atoms with Gasteiger partial charge in [0.05, 0.1) is 12.2 Å². The van der Waals surface area contributed by atoms with Gasteiger partial charge in [0.25, 0.3) is 0 Å². The van der Waals surface area contributed by atoms with E-state index in [1.165, 1.54) is 18.4 Å². The van der Waals surface area contributed by atoms with Gasteiger partial charge >= 0.3 is 12.0 Å². The fourth-order valence-corrected chi connectivity index (χ4v) is 2.74. The molecule has 0 radical (unpaired) electrons. The molecule has 0 atom stereocenters.